The lowest BCUT2D eigenvalue weighted by atomic mass is 9.82. The van der Waals surface area contributed by atoms with Crippen LogP contribution in [0.1, 0.15) is 46.6 Å². The average molecular weight is 344 g/mol. The van der Waals surface area contributed by atoms with Crippen LogP contribution in [0.4, 0.5) is 0 Å². The Morgan fingerprint density at radius 3 is 2.48 bits per heavy atom. The number of carbonyl (C=O) groups excluding carboxylic acids is 1. The van der Waals surface area contributed by atoms with Gasteiger partial charge in [0.25, 0.3) is 0 Å². The zero-order valence-corrected chi connectivity index (χ0v) is 16.0. The molecule has 0 radical (unpaired) electrons. The van der Waals surface area contributed by atoms with Gasteiger partial charge in [-0.2, -0.15) is 5.26 Å². The molecule has 5 nitrogen and oxygen atoms in total. The second-order valence-corrected chi connectivity index (χ2v) is 7.80. The second-order valence-electron chi connectivity index (χ2n) is 7.80. The third kappa shape index (κ3) is 7.75. The van der Waals surface area contributed by atoms with E-state index >= 15 is 0 Å². The maximum Gasteiger partial charge on any atom is 0.244 e. The van der Waals surface area contributed by atoms with Gasteiger partial charge in [0.05, 0.1) is 7.11 Å². The first kappa shape index (κ1) is 20.6. The lowest BCUT2D eigenvalue weighted by molar-refractivity contribution is -0.118. The fraction of sp³-hybridized carbons (Fsp3) is 0.500. The van der Waals surface area contributed by atoms with Crippen molar-refractivity contribution in [2.24, 2.45) is 5.41 Å². The van der Waals surface area contributed by atoms with Crippen LogP contribution in [0.15, 0.2) is 24.3 Å². The minimum absolute atomic E-state index is 0.0448. The van der Waals surface area contributed by atoms with Gasteiger partial charge >= 0.3 is 0 Å². The molecule has 0 saturated carbocycles. The maximum atomic E-state index is 12.2. The van der Waals surface area contributed by atoms with Crippen LogP contribution in [-0.4, -0.2) is 25.2 Å². The quantitative estimate of drug-likeness (QED) is 0.761. The molecule has 5 heteroatoms. The first-order valence-electron chi connectivity index (χ1n) is 8.24. The molecular weight excluding hydrogens is 316 g/mol. The minimum atomic E-state index is -0.285. The van der Waals surface area contributed by atoms with Gasteiger partial charge in [-0.15, -0.1) is 0 Å². The van der Waals surface area contributed by atoms with Crippen molar-refractivity contribution in [2.75, 3.05) is 13.7 Å². The van der Waals surface area contributed by atoms with Gasteiger partial charge in [0, 0.05) is 11.6 Å². The Hall–Kier alpha value is -2.48. The summed E-state index contributed by atoms with van der Waals surface area (Å²) in [6.07, 6.45) is 4.10. The number of rotatable bonds is 7. The van der Waals surface area contributed by atoms with Crippen molar-refractivity contribution < 1.29 is 14.3 Å². The summed E-state index contributed by atoms with van der Waals surface area (Å²) in [5, 5.41) is 11.6. The first-order valence-corrected chi connectivity index (χ1v) is 8.24. The number of hydrogen-bond donors (Lipinski definition) is 1. The normalized spacial score (nSPS) is 11.9. The lowest BCUT2D eigenvalue weighted by Gasteiger charge is -2.32. The highest BCUT2D eigenvalue weighted by Gasteiger charge is 2.26. The van der Waals surface area contributed by atoms with E-state index in [0.717, 1.165) is 12.0 Å². The summed E-state index contributed by atoms with van der Waals surface area (Å²) in [6, 6.07) is 7.20. The van der Waals surface area contributed by atoms with E-state index < -0.39 is 0 Å². The predicted octanol–water partition coefficient (Wildman–Crippen LogP) is 3.94. The van der Waals surface area contributed by atoms with Crippen molar-refractivity contribution in [3.8, 4) is 17.6 Å². The van der Waals surface area contributed by atoms with Crippen molar-refractivity contribution >= 4 is 12.0 Å². The van der Waals surface area contributed by atoms with Crippen molar-refractivity contribution in [3.05, 3.63) is 29.8 Å². The van der Waals surface area contributed by atoms with Gasteiger partial charge in [-0.1, -0.05) is 26.8 Å². The van der Waals surface area contributed by atoms with Crippen LogP contribution < -0.4 is 14.8 Å². The number of amides is 1. The third-order valence-corrected chi connectivity index (χ3v) is 3.34. The van der Waals surface area contributed by atoms with Crippen LogP contribution in [0.5, 0.6) is 11.5 Å². The molecule has 0 saturated heterocycles. The van der Waals surface area contributed by atoms with E-state index in [2.05, 4.69) is 26.1 Å². The van der Waals surface area contributed by atoms with Gasteiger partial charge in [0.2, 0.25) is 5.91 Å². The zero-order valence-electron chi connectivity index (χ0n) is 16.0. The van der Waals surface area contributed by atoms with E-state index in [0.29, 0.717) is 11.5 Å². The molecule has 0 aliphatic heterocycles. The smallest absolute Gasteiger partial charge is 0.244 e. The number of ether oxygens (including phenoxy) is 2. The largest absolute Gasteiger partial charge is 0.493 e. The molecule has 0 heterocycles. The Balaban J connectivity index is 2.78. The van der Waals surface area contributed by atoms with Crippen LogP contribution in [0.3, 0.4) is 0 Å². The molecule has 1 aromatic carbocycles. The molecule has 0 spiro atoms. The average Bonchev–Trinajstić information content (AvgIpc) is 2.48. The van der Waals surface area contributed by atoms with E-state index in [-0.39, 0.29) is 23.5 Å². The van der Waals surface area contributed by atoms with Gasteiger partial charge in [-0.05, 0) is 49.5 Å². The van der Waals surface area contributed by atoms with Gasteiger partial charge in [-0.25, -0.2) is 0 Å². The number of methoxy groups -OCH3 is 1. The van der Waals surface area contributed by atoms with Crippen LogP contribution in [0.25, 0.3) is 6.08 Å². The summed E-state index contributed by atoms with van der Waals surface area (Å²) < 4.78 is 10.5. The minimum Gasteiger partial charge on any atom is -0.493 e. The number of nitrogens with zero attached hydrogens (tertiary/aromatic N) is 1. The van der Waals surface area contributed by atoms with Crippen LogP contribution >= 0.6 is 0 Å². The Morgan fingerprint density at radius 1 is 1.24 bits per heavy atom. The molecule has 0 aliphatic carbocycles. The Morgan fingerprint density at radius 2 is 1.92 bits per heavy atom. The number of nitrogens with one attached hydrogen (secondary N) is 1. The molecule has 1 N–H and O–H groups in total. The maximum absolute atomic E-state index is 12.2. The van der Waals surface area contributed by atoms with E-state index in [9.17, 15) is 4.79 Å². The number of benzene rings is 1. The topological polar surface area (TPSA) is 71.3 Å². The summed E-state index contributed by atoms with van der Waals surface area (Å²) in [6.45, 7) is 10.5. The van der Waals surface area contributed by atoms with Crippen LogP contribution in [-0.2, 0) is 4.79 Å². The molecule has 0 atom stereocenters. The lowest BCUT2D eigenvalue weighted by Crippen LogP contribution is -2.45. The summed E-state index contributed by atoms with van der Waals surface area (Å²) in [7, 11) is 1.53. The second kappa shape index (κ2) is 8.57. The van der Waals surface area contributed by atoms with E-state index in [1.807, 2.05) is 19.9 Å². The Labute approximate surface area is 150 Å². The van der Waals surface area contributed by atoms with Gasteiger partial charge < -0.3 is 14.8 Å². The molecule has 25 heavy (non-hydrogen) atoms. The molecule has 136 valence electrons. The van der Waals surface area contributed by atoms with Crippen molar-refractivity contribution in [1.29, 1.82) is 5.26 Å². The molecule has 1 rings (SSSR count). The molecule has 1 amide bonds. The fourth-order valence-corrected chi connectivity index (χ4v) is 2.93. The monoisotopic (exact) mass is 344 g/mol. The molecule has 0 fully saturated rings. The number of hydrogen-bond acceptors (Lipinski definition) is 4. The molecular formula is C20H28N2O3. The first-order chi connectivity index (χ1) is 11.6. The highest BCUT2D eigenvalue weighted by atomic mass is 16.5. The predicted molar refractivity (Wildman–Crippen MR) is 99.4 cm³/mol. The van der Waals surface area contributed by atoms with E-state index in [1.54, 1.807) is 24.3 Å². The van der Waals surface area contributed by atoms with Gasteiger partial charge in [0.1, 0.15) is 6.07 Å². The van der Waals surface area contributed by atoms with Gasteiger partial charge in [-0.3, -0.25) is 4.79 Å². The Kier molecular flexibility index (Phi) is 7.05. The third-order valence-electron chi connectivity index (χ3n) is 3.34. The number of nitriles is 1. The fourth-order valence-electron chi connectivity index (χ4n) is 2.93. The summed E-state index contributed by atoms with van der Waals surface area (Å²) >= 11 is 0. The van der Waals surface area contributed by atoms with Crippen molar-refractivity contribution in [1.82, 2.24) is 5.32 Å². The van der Waals surface area contributed by atoms with Crippen molar-refractivity contribution in [3.63, 3.8) is 0 Å². The SMILES string of the molecule is COc1cc(C=CC(=O)NC(C)(C)CC(C)(C)C)ccc1OCC#N. The van der Waals surface area contributed by atoms with Crippen molar-refractivity contribution in [2.45, 2.75) is 46.6 Å². The van der Waals surface area contributed by atoms with Crippen LogP contribution in [0, 0.1) is 16.7 Å². The molecule has 0 unspecified atom stereocenters. The van der Waals surface area contributed by atoms with Crippen LogP contribution in [0.2, 0.25) is 0 Å². The molecule has 0 aliphatic rings. The standard InChI is InChI=1S/C20H28N2O3/c1-19(2,3)14-20(4,5)22-18(23)10-8-15-7-9-16(25-12-11-21)17(13-15)24-6/h7-10,13H,12,14H2,1-6H3,(H,22,23). The summed E-state index contributed by atoms with van der Waals surface area (Å²) in [5.41, 5.74) is 0.657. The van der Waals surface area contributed by atoms with E-state index in [1.165, 1.54) is 13.2 Å². The highest BCUT2D eigenvalue weighted by Crippen LogP contribution is 2.29. The summed E-state index contributed by atoms with van der Waals surface area (Å²) in [4.78, 5) is 12.2. The zero-order chi connectivity index (χ0) is 19.1. The molecule has 0 bridgehead atoms. The molecule has 1 aromatic rings. The van der Waals surface area contributed by atoms with Gasteiger partial charge in [0.15, 0.2) is 18.1 Å². The summed E-state index contributed by atoms with van der Waals surface area (Å²) in [5.74, 6) is 0.876. The molecule has 0 aromatic heterocycles. The number of carbonyl (C=O) groups is 1. The highest BCUT2D eigenvalue weighted by molar-refractivity contribution is 5.92. The van der Waals surface area contributed by atoms with E-state index in [4.69, 9.17) is 14.7 Å². The Bertz CT molecular complexity index is 664.